The summed E-state index contributed by atoms with van der Waals surface area (Å²) in [6.07, 6.45) is 1.86. The standard InChI is InChI=1S/C23H17ClN2O3S2/c24-16-8-6-15(7-9-16)20-11-10-17(31-20)13-18-21(27)26(23(30)25-18)19(22(28)29)12-14-4-2-1-3-5-14/h1-11,13,19H,12H2,(H,25,30)(H,28,29)/b18-13-. The highest BCUT2D eigenvalue weighted by Crippen LogP contribution is 2.31. The SMILES string of the molecule is O=C(O)C(Cc1ccccc1)N1C(=O)/C(=C/c2ccc(-c3ccc(Cl)cc3)s2)NC1=S. The van der Waals surface area contributed by atoms with E-state index in [0.717, 1.165) is 25.8 Å². The topological polar surface area (TPSA) is 69.6 Å². The van der Waals surface area contributed by atoms with Crippen molar-refractivity contribution >= 4 is 58.2 Å². The number of nitrogens with zero attached hydrogens (tertiary/aromatic N) is 1. The van der Waals surface area contributed by atoms with Gasteiger partial charge in [0.15, 0.2) is 5.11 Å². The molecule has 156 valence electrons. The Hall–Kier alpha value is -3.00. The minimum absolute atomic E-state index is 0.0917. The number of carbonyl (C=O) groups excluding carboxylic acids is 1. The van der Waals surface area contributed by atoms with Crippen LogP contribution in [0.2, 0.25) is 5.02 Å². The van der Waals surface area contributed by atoms with E-state index in [-0.39, 0.29) is 17.2 Å². The summed E-state index contributed by atoms with van der Waals surface area (Å²) in [7, 11) is 0. The average molecular weight is 469 g/mol. The van der Waals surface area contributed by atoms with Gasteiger partial charge in [0.2, 0.25) is 0 Å². The number of hydrogen-bond donors (Lipinski definition) is 2. The molecule has 2 heterocycles. The number of aliphatic carboxylic acids is 1. The highest BCUT2D eigenvalue weighted by Gasteiger charge is 2.39. The smallest absolute Gasteiger partial charge is 0.327 e. The summed E-state index contributed by atoms with van der Waals surface area (Å²) >= 11 is 12.8. The molecule has 1 atom stereocenters. The molecule has 1 amide bonds. The molecule has 0 bridgehead atoms. The maximum Gasteiger partial charge on any atom is 0.327 e. The minimum atomic E-state index is -1.11. The number of amides is 1. The minimum Gasteiger partial charge on any atom is -0.480 e. The molecular formula is C23H17ClN2O3S2. The van der Waals surface area contributed by atoms with E-state index >= 15 is 0 Å². The third-order valence-electron chi connectivity index (χ3n) is 4.82. The molecule has 2 N–H and O–H groups in total. The summed E-state index contributed by atoms with van der Waals surface area (Å²) in [4.78, 5) is 27.9. The van der Waals surface area contributed by atoms with Crippen molar-refractivity contribution in [3.8, 4) is 10.4 Å². The van der Waals surface area contributed by atoms with Crippen LogP contribution in [0, 0.1) is 0 Å². The molecule has 2 aromatic carbocycles. The molecule has 3 aromatic rings. The fraction of sp³-hybridized carbons (Fsp3) is 0.0870. The summed E-state index contributed by atoms with van der Waals surface area (Å²) in [6, 6.07) is 19.5. The maximum atomic E-state index is 13.0. The normalized spacial score (nSPS) is 15.9. The number of nitrogens with one attached hydrogen (secondary N) is 1. The van der Waals surface area contributed by atoms with Gasteiger partial charge in [-0.1, -0.05) is 54.1 Å². The van der Waals surface area contributed by atoms with Crippen molar-refractivity contribution in [2.75, 3.05) is 0 Å². The van der Waals surface area contributed by atoms with Crippen molar-refractivity contribution in [1.29, 1.82) is 0 Å². The first kappa shape index (κ1) is 21.2. The molecule has 5 nitrogen and oxygen atoms in total. The van der Waals surface area contributed by atoms with Gasteiger partial charge < -0.3 is 10.4 Å². The lowest BCUT2D eigenvalue weighted by Crippen LogP contribution is -2.46. The van der Waals surface area contributed by atoms with Gasteiger partial charge in [-0.25, -0.2) is 4.79 Å². The summed E-state index contributed by atoms with van der Waals surface area (Å²) in [5, 5.41) is 13.4. The molecule has 1 saturated heterocycles. The molecule has 1 aliphatic heterocycles. The predicted octanol–water partition coefficient (Wildman–Crippen LogP) is 4.82. The van der Waals surface area contributed by atoms with E-state index in [9.17, 15) is 14.7 Å². The van der Waals surface area contributed by atoms with Crippen molar-refractivity contribution in [1.82, 2.24) is 10.2 Å². The molecule has 1 aromatic heterocycles. The fourth-order valence-corrected chi connectivity index (χ4v) is 4.70. The molecule has 0 aliphatic carbocycles. The molecular weight excluding hydrogens is 452 g/mol. The number of thiophene rings is 1. The number of hydrogen-bond acceptors (Lipinski definition) is 4. The monoisotopic (exact) mass is 468 g/mol. The Bertz CT molecular complexity index is 1170. The number of thiocarbonyl (C=S) groups is 1. The lowest BCUT2D eigenvalue weighted by atomic mass is 10.0. The summed E-state index contributed by atoms with van der Waals surface area (Å²) in [5.41, 5.74) is 2.10. The summed E-state index contributed by atoms with van der Waals surface area (Å²) in [5.74, 6) is -1.56. The zero-order valence-corrected chi connectivity index (χ0v) is 18.5. The van der Waals surface area contributed by atoms with Gasteiger partial charge in [-0.15, -0.1) is 11.3 Å². The molecule has 0 saturated carbocycles. The van der Waals surface area contributed by atoms with Crippen LogP contribution >= 0.6 is 35.2 Å². The van der Waals surface area contributed by atoms with Crippen LogP contribution in [0.4, 0.5) is 0 Å². The third kappa shape index (κ3) is 4.69. The van der Waals surface area contributed by atoms with E-state index in [1.54, 1.807) is 6.08 Å². The Morgan fingerprint density at radius 2 is 1.84 bits per heavy atom. The van der Waals surface area contributed by atoms with E-state index in [4.69, 9.17) is 23.8 Å². The van der Waals surface area contributed by atoms with Crippen molar-refractivity contribution in [2.45, 2.75) is 12.5 Å². The van der Waals surface area contributed by atoms with Crippen LogP contribution in [-0.2, 0) is 16.0 Å². The van der Waals surface area contributed by atoms with Crippen LogP contribution in [0.3, 0.4) is 0 Å². The van der Waals surface area contributed by atoms with Crippen LogP contribution in [0.5, 0.6) is 0 Å². The Morgan fingerprint density at radius 3 is 2.52 bits per heavy atom. The second-order valence-electron chi connectivity index (χ2n) is 6.92. The molecule has 0 radical (unpaired) electrons. The first-order valence-electron chi connectivity index (χ1n) is 9.41. The quantitative estimate of drug-likeness (QED) is 0.401. The third-order valence-corrected chi connectivity index (χ3v) is 6.45. The van der Waals surface area contributed by atoms with Crippen molar-refractivity contribution in [2.24, 2.45) is 0 Å². The van der Waals surface area contributed by atoms with Crippen LogP contribution < -0.4 is 5.32 Å². The van der Waals surface area contributed by atoms with E-state index in [1.807, 2.05) is 66.7 Å². The molecule has 1 aliphatic rings. The first-order chi connectivity index (χ1) is 14.9. The van der Waals surface area contributed by atoms with Gasteiger partial charge >= 0.3 is 5.97 Å². The molecule has 1 unspecified atom stereocenters. The van der Waals surface area contributed by atoms with E-state index in [2.05, 4.69) is 5.32 Å². The van der Waals surface area contributed by atoms with Gasteiger partial charge in [0.05, 0.1) is 0 Å². The van der Waals surface area contributed by atoms with E-state index in [0.29, 0.717) is 5.02 Å². The molecule has 31 heavy (non-hydrogen) atoms. The van der Waals surface area contributed by atoms with Crippen LogP contribution in [-0.4, -0.2) is 33.0 Å². The second kappa shape index (κ2) is 9.01. The van der Waals surface area contributed by atoms with E-state index < -0.39 is 17.9 Å². The Labute approximate surface area is 193 Å². The summed E-state index contributed by atoms with van der Waals surface area (Å²) < 4.78 is 0. The second-order valence-corrected chi connectivity index (χ2v) is 8.85. The molecule has 1 fully saturated rings. The predicted molar refractivity (Wildman–Crippen MR) is 127 cm³/mol. The van der Waals surface area contributed by atoms with E-state index in [1.165, 1.54) is 11.3 Å². The largest absolute Gasteiger partial charge is 0.480 e. The number of rotatable bonds is 6. The Morgan fingerprint density at radius 1 is 1.13 bits per heavy atom. The number of carboxylic acid groups (broad SMARTS) is 1. The lowest BCUT2D eigenvalue weighted by molar-refractivity contribution is -0.145. The molecule has 8 heteroatoms. The number of benzene rings is 2. The summed E-state index contributed by atoms with van der Waals surface area (Å²) in [6.45, 7) is 0. The van der Waals surface area contributed by atoms with Gasteiger partial charge in [-0.2, -0.15) is 0 Å². The van der Waals surface area contributed by atoms with Crippen LogP contribution in [0.25, 0.3) is 16.5 Å². The van der Waals surface area contributed by atoms with Gasteiger partial charge in [-0.3, -0.25) is 9.69 Å². The number of carboxylic acids is 1. The molecule has 0 spiro atoms. The highest BCUT2D eigenvalue weighted by molar-refractivity contribution is 7.80. The average Bonchev–Trinajstić information content (AvgIpc) is 3.32. The zero-order valence-electron chi connectivity index (χ0n) is 16.1. The fourth-order valence-electron chi connectivity index (χ4n) is 3.30. The highest BCUT2D eigenvalue weighted by atomic mass is 35.5. The van der Waals surface area contributed by atoms with Crippen molar-refractivity contribution in [3.05, 3.63) is 87.9 Å². The van der Waals surface area contributed by atoms with Gasteiger partial charge in [0.25, 0.3) is 5.91 Å². The number of halogens is 1. The van der Waals surface area contributed by atoms with Crippen molar-refractivity contribution < 1.29 is 14.7 Å². The first-order valence-corrected chi connectivity index (χ1v) is 11.0. The lowest BCUT2D eigenvalue weighted by Gasteiger charge is -2.22. The van der Waals surface area contributed by atoms with Crippen LogP contribution in [0.1, 0.15) is 10.4 Å². The van der Waals surface area contributed by atoms with Gasteiger partial charge in [0, 0.05) is 21.2 Å². The Kier molecular flexibility index (Phi) is 6.18. The van der Waals surface area contributed by atoms with Gasteiger partial charge in [-0.05, 0) is 53.7 Å². The van der Waals surface area contributed by atoms with Gasteiger partial charge in [0.1, 0.15) is 11.7 Å². The van der Waals surface area contributed by atoms with Crippen molar-refractivity contribution in [3.63, 3.8) is 0 Å². The maximum absolute atomic E-state index is 13.0. The van der Waals surface area contributed by atoms with Crippen LogP contribution in [0.15, 0.2) is 72.4 Å². The number of carbonyl (C=O) groups is 2. The zero-order chi connectivity index (χ0) is 22.0. The Balaban J connectivity index is 1.56. The molecule has 4 rings (SSSR count).